The number of carboxylic acids is 1. The average molecular weight is 431 g/mol. The minimum atomic E-state index is -1.10. The van der Waals surface area contributed by atoms with Gasteiger partial charge in [-0.15, -0.1) is 0 Å². The minimum absolute atomic E-state index is 0.0757. The largest absolute Gasteiger partial charge is 0.480 e. The summed E-state index contributed by atoms with van der Waals surface area (Å²) < 4.78 is 5.48. The normalized spacial score (nSPS) is 13.0. The molecule has 1 heterocycles. The Labute approximate surface area is 186 Å². The van der Waals surface area contributed by atoms with Gasteiger partial charge in [0.1, 0.15) is 18.5 Å². The molecule has 3 N–H and O–H groups in total. The lowest BCUT2D eigenvalue weighted by Gasteiger charge is -2.17. The van der Waals surface area contributed by atoms with Crippen LogP contribution in [0, 0.1) is 0 Å². The number of carboxylic acid groups (broad SMARTS) is 1. The number of hydrogen-bond acceptors (Lipinski definition) is 5. The Bertz CT molecular complexity index is 1090. The molecule has 0 aliphatic heterocycles. The summed E-state index contributed by atoms with van der Waals surface area (Å²) in [4.78, 5) is 28.3. The van der Waals surface area contributed by atoms with Crippen LogP contribution in [-0.2, 0) is 16.0 Å². The molecule has 1 amide bonds. The van der Waals surface area contributed by atoms with E-state index in [0.29, 0.717) is 12.2 Å². The van der Waals surface area contributed by atoms with Crippen molar-refractivity contribution in [3.63, 3.8) is 0 Å². The van der Waals surface area contributed by atoms with Gasteiger partial charge in [-0.25, -0.2) is 14.6 Å². The number of hydrogen-bond donors (Lipinski definition) is 3. The first kappa shape index (κ1) is 21.4. The molecule has 0 bridgehead atoms. The van der Waals surface area contributed by atoms with Crippen molar-refractivity contribution < 1.29 is 19.4 Å². The Hall–Kier alpha value is -3.87. The third-order valence-electron chi connectivity index (χ3n) is 5.74. The van der Waals surface area contributed by atoms with Gasteiger partial charge in [-0.1, -0.05) is 48.5 Å². The molecule has 1 aliphatic carbocycles. The number of carbonyl (C=O) groups excluding carboxylic acids is 1. The Kier molecular flexibility index (Phi) is 6.35. The molecule has 2 aromatic carbocycles. The quantitative estimate of drug-likeness (QED) is 0.498. The summed E-state index contributed by atoms with van der Waals surface area (Å²) in [5.41, 5.74) is 5.42. The van der Waals surface area contributed by atoms with E-state index in [1.54, 1.807) is 13.2 Å². The summed E-state index contributed by atoms with van der Waals surface area (Å²) in [6.45, 7) is 0.141. The maximum Gasteiger partial charge on any atom is 0.407 e. The zero-order valence-electron chi connectivity index (χ0n) is 17.7. The summed E-state index contributed by atoms with van der Waals surface area (Å²) in [5.74, 6) is -0.464. The summed E-state index contributed by atoms with van der Waals surface area (Å²) >= 11 is 0. The van der Waals surface area contributed by atoms with Crippen LogP contribution in [0.25, 0.3) is 11.1 Å². The Balaban J connectivity index is 1.37. The molecular formula is C25H25N3O4. The molecule has 4 rings (SSSR count). The fourth-order valence-corrected chi connectivity index (χ4v) is 4.12. The van der Waals surface area contributed by atoms with E-state index in [-0.39, 0.29) is 18.9 Å². The molecule has 7 heteroatoms. The van der Waals surface area contributed by atoms with Gasteiger partial charge in [0.25, 0.3) is 0 Å². The third kappa shape index (κ3) is 4.56. The number of fused-ring (bicyclic) bond motifs is 3. The second-order valence-electron chi connectivity index (χ2n) is 7.70. The number of nitrogens with zero attached hydrogens (tertiary/aromatic N) is 1. The molecule has 0 radical (unpaired) electrons. The van der Waals surface area contributed by atoms with Gasteiger partial charge in [-0.2, -0.15) is 0 Å². The number of carbonyl (C=O) groups is 2. The van der Waals surface area contributed by atoms with Crippen LogP contribution < -0.4 is 10.6 Å². The lowest BCUT2D eigenvalue weighted by Crippen LogP contribution is -2.41. The number of alkyl carbamates (subject to hydrolysis) is 1. The van der Waals surface area contributed by atoms with Crippen molar-refractivity contribution in [2.75, 3.05) is 19.0 Å². The number of aryl methyl sites for hydroxylation is 1. The molecule has 0 saturated carbocycles. The van der Waals surface area contributed by atoms with E-state index in [4.69, 9.17) is 4.74 Å². The first-order valence-electron chi connectivity index (χ1n) is 10.5. The first-order valence-corrected chi connectivity index (χ1v) is 10.5. The molecule has 164 valence electrons. The van der Waals surface area contributed by atoms with Crippen LogP contribution in [0.5, 0.6) is 0 Å². The topological polar surface area (TPSA) is 101 Å². The lowest BCUT2D eigenvalue weighted by molar-refractivity contribution is -0.139. The fourth-order valence-electron chi connectivity index (χ4n) is 4.12. The van der Waals surface area contributed by atoms with Gasteiger partial charge in [-0.3, -0.25) is 0 Å². The number of amides is 1. The van der Waals surface area contributed by atoms with Crippen molar-refractivity contribution in [2.24, 2.45) is 0 Å². The summed E-state index contributed by atoms with van der Waals surface area (Å²) in [6.07, 6.45) is 1.66. The van der Waals surface area contributed by atoms with Crippen LogP contribution >= 0.6 is 0 Å². The number of aromatic nitrogens is 1. The Morgan fingerprint density at radius 1 is 1.06 bits per heavy atom. The highest BCUT2D eigenvalue weighted by Gasteiger charge is 2.29. The van der Waals surface area contributed by atoms with Crippen LogP contribution in [0.3, 0.4) is 0 Å². The van der Waals surface area contributed by atoms with Gasteiger partial charge >= 0.3 is 12.1 Å². The second kappa shape index (κ2) is 9.51. The molecule has 3 aromatic rings. The SMILES string of the molecule is CNc1cc(CCC(NC(=O)OCC2c3ccccc3-c3ccccc32)C(=O)O)ccn1. The van der Waals surface area contributed by atoms with Crippen LogP contribution in [-0.4, -0.2) is 41.8 Å². The highest BCUT2D eigenvalue weighted by molar-refractivity contribution is 5.81. The molecule has 7 nitrogen and oxygen atoms in total. The maximum absolute atomic E-state index is 12.4. The van der Waals surface area contributed by atoms with Gasteiger partial charge in [0, 0.05) is 19.2 Å². The molecular weight excluding hydrogens is 406 g/mol. The minimum Gasteiger partial charge on any atom is -0.480 e. The van der Waals surface area contributed by atoms with Gasteiger partial charge in [-0.05, 0) is 52.8 Å². The predicted octanol–water partition coefficient (Wildman–Crippen LogP) is 4.05. The van der Waals surface area contributed by atoms with Crippen LogP contribution in [0.4, 0.5) is 10.6 Å². The monoisotopic (exact) mass is 431 g/mol. The van der Waals surface area contributed by atoms with Crippen molar-refractivity contribution >= 4 is 17.9 Å². The summed E-state index contributed by atoms with van der Waals surface area (Å²) in [7, 11) is 1.77. The van der Waals surface area contributed by atoms with Gasteiger partial charge in [0.2, 0.25) is 0 Å². The smallest absolute Gasteiger partial charge is 0.407 e. The predicted molar refractivity (Wildman–Crippen MR) is 122 cm³/mol. The van der Waals surface area contributed by atoms with Crippen LogP contribution in [0.2, 0.25) is 0 Å². The van der Waals surface area contributed by atoms with E-state index in [1.807, 2.05) is 48.5 Å². The average Bonchev–Trinajstić information content (AvgIpc) is 3.14. The van der Waals surface area contributed by atoms with E-state index in [9.17, 15) is 14.7 Å². The van der Waals surface area contributed by atoms with Gasteiger partial charge < -0.3 is 20.5 Å². The highest BCUT2D eigenvalue weighted by atomic mass is 16.5. The number of benzene rings is 2. The lowest BCUT2D eigenvalue weighted by atomic mass is 9.98. The van der Waals surface area contributed by atoms with E-state index in [1.165, 1.54) is 0 Å². The molecule has 1 aliphatic rings. The zero-order chi connectivity index (χ0) is 22.5. The molecule has 0 spiro atoms. The summed E-state index contributed by atoms with van der Waals surface area (Å²) in [5, 5.41) is 15.0. The standard InChI is InChI=1S/C25H25N3O4/c1-26-23-14-16(12-13-27-23)10-11-22(24(29)30)28-25(31)32-15-21-19-8-4-2-6-17(19)18-7-3-5-9-20(18)21/h2-9,12-14,21-22H,10-11,15H2,1H3,(H,26,27)(H,28,31)(H,29,30). The maximum atomic E-state index is 12.4. The van der Waals surface area contributed by atoms with Crippen molar-refractivity contribution in [3.05, 3.63) is 83.6 Å². The van der Waals surface area contributed by atoms with Gasteiger partial charge in [0.05, 0.1) is 0 Å². The zero-order valence-corrected chi connectivity index (χ0v) is 17.7. The Morgan fingerprint density at radius 3 is 2.34 bits per heavy atom. The fraction of sp³-hybridized carbons (Fsp3) is 0.240. The van der Waals surface area contributed by atoms with E-state index >= 15 is 0 Å². The van der Waals surface area contributed by atoms with Crippen molar-refractivity contribution in [1.29, 1.82) is 0 Å². The van der Waals surface area contributed by atoms with Crippen molar-refractivity contribution in [3.8, 4) is 11.1 Å². The Morgan fingerprint density at radius 2 is 1.72 bits per heavy atom. The number of nitrogens with one attached hydrogen (secondary N) is 2. The number of ether oxygens (including phenoxy) is 1. The number of rotatable bonds is 8. The van der Waals surface area contributed by atoms with Crippen molar-refractivity contribution in [1.82, 2.24) is 10.3 Å². The van der Waals surface area contributed by atoms with Crippen LogP contribution in [0.1, 0.15) is 29.0 Å². The highest BCUT2D eigenvalue weighted by Crippen LogP contribution is 2.44. The third-order valence-corrected chi connectivity index (χ3v) is 5.74. The van der Waals surface area contributed by atoms with E-state index < -0.39 is 18.1 Å². The van der Waals surface area contributed by atoms with E-state index in [0.717, 1.165) is 27.8 Å². The molecule has 1 unspecified atom stereocenters. The first-order chi connectivity index (χ1) is 15.6. The molecule has 0 saturated heterocycles. The molecule has 32 heavy (non-hydrogen) atoms. The number of aliphatic carboxylic acids is 1. The van der Waals surface area contributed by atoms with Crippen LogP contribution in [0.15, 0.2) is 66.9 Å². The molecule has 1 atom stereocenters. The van der Waals surface area contributed by atoms with Gasteiger partial charge in [0.15, 0.2) is 0 Å². The molecule has 1 aromatic heterocycles. The molecule has 0 fully saturated rings. The van der Waals surface area contributed by atoms with Crippen molar-refractivity contribution in [2.45, 2.75) is 24.8 Å². The number of anilines is 1. The summed E-state index contributed by atoms with van der Waals surface area (Å²) in [6, 6.07) is 18.8. The number of pyridine rings is 1. The second-order valence-corrected chi connectivity index (χ2v) is 7.70. The van der Waals surface area contributed by atoms with E-state index in [2.05, 4.69) is 27.8 Å².